The van der Waals surface area contributed by atoms with Crippen LogP contribution in [0.3, 0.4) is 0 Å². The minimum atomic E-state index is -0.724. The van der Waals surface area contributed by atoms with Gasteiger partial charge in [-0.25, -0.2) is 0 Å². The lowest BCUT2D eigenvalue weighted by atomic mass is 10.2. The monoisotopic (exact) mass is 321 g/mol. The van der Waals surface area contributed by atoms with Crippen molar-refractivity contribution in [1.82, 2.24) is 5.32 Å². The minimum absolute atomic E-state index is 0.124. The molecule has 94 valence electrons. The predicted octanol–water partition coefficient (Wildman–Crippen LogP) is 1.84. The number of rotatable bonds is 5. The van der Waals surface area contributed by atoms with Gasteiger partial charge in [-0.3, -0.25) is 4.79 Å². The van der Waals surface area contributed by atoms with Gasteiger partial charge in [-0.1, -0.05) is 27.5 Å². The van der Waals surface area contributed by atoms with Crippen molar-refractivity contribution in [3.63, 3.8) is 0 Å². The summed E-state index contributed by atoms with van der Waals surface area (Å²) in [6.45, 7) is 0.299. The van der Waals surface area contributed by atoms with Gasteiger partial charge in [-0.05, 0) is 18.2 Å². The Kier molecular flexibility index (Phi) is 5.91. The zero-order valence-corrected chi connectivity index (χ0v) is 11.6. The average molecular weight is 323 g/mol. The van der Waals surface area contributed by atoms with E-state index >= 15 is 0 Å². The number of halogens is 2. The van der Waals surface area contributed by atoms with Crippen LogP contribution in [0.4, 0.5) is 0 Å². The lowest BCUT2D eigenvalue weighted by molar-refractivity contribution is 0.0610. The number of amides is 1. The van der Waals surface area contributed by atoms with Crippen LogP contribution in [0.25, 0.3) is 0 Å². The van der Waals surface area contributed by atoms with E-state index in [1.165, 1.54) is 7.11 Å². The third-order valence-electron chi connectivity index (χ3n) is 2.03. The van der Waals surface area contributed by atoms with Crippen LogP contribution in [0.5, 0.6) is 0 Å². The van der Waals surface area contributed by atoms with Crippen molar-refractivity contribution in [3.05, 3.63) is 33.3 Å². The molecule has 0 spiro atoms. The van der Waals surface area contributed by atoms with Gasteiger partial charge in [-0.15, -0.1) is 0 Å². The third-order valence-corrected chi connectivity index (χ3v) is 2.84. The molecular formula is C11H13BrClNO3. The molecule has 0 bridgehead atoms. The molecule has 1 rings (SSSR count). The van der Waals surface area contributed by atoms with E-state index in [2.05, 4.69) is 21.2 Å². The lowest BCUT2D eigenvalue weighted by Crippen LogP contribution is -2.34. The summed E-state index contributed by atoms with van der Waals surface area (Å²) in [5.74, 6) is -0.322. The molecule has 0 aliphatic rings. The first-order valence-corrected chi connectivity index (χ1v) is 6.12. The van der Waals surface area contributed by atoms with Gasteiger partial charge in [0.15, 0.2) is 0 Å². The van der Waals surface area contributed by atoms with Crippen LogP contribution in [-0.4, -0.2) is 37.4 Å². The quantitative estimate of drug-likeness (QED) is 0.869. The maximum absolute atomic E-state index is 11.7. The fourth-order valence-corrected chi connectivity index (χ4v) is 1.99. The number of nitrogens with one attached hydrogen (secondary N) is 1. The van der Waals surface area contributed by atoms with Gasteiger partial charge in [0.2, 0.25) is 0 Å². The topological polar surface area (TPSA) is 58.6 Å². The van der Waals surface area contributed by atoms with Gasteiger partial charge in [0, 0.05) is 18.1 Å². The van der Waals surface area contributed by atoms with Crippen LogP contribution in [0.2, 0.25) is 5.02 Å². The highest BCUT2D eigenvalue weighted by molar-refractivity contribution is 9.10. The molecule has 4 nitrogen and oxygen atoms in total. The number of aliphatic hydroxyl groups is 1. The number of methoxy groups -OCH3 is 1. The standard InChI is InChI=1S/C11H13BrClNO3/c1-17-6-8(15)5-14-11(16)9-3-2-7(12)4-10(9)13/h2-4,8,15H,5-6H2,1H3,(H,14,16). The molecule has 17 heavy (non-hydrogen) atoms. The molecule has 0 saturated heterocycles. The fraction of sp³-hybridized carbons (Fsp3) is 0.364. The molecule has 0 heterocycles. The lowest BCUT2D eigenvalue weighted by Gasteiger charge is -2.11. The van der Waals surface area contributed by atoms with Crippen LogP contribution in [-0.2, 0) is 4.74 Å². The third kappa shape index (κ3) is 4.63. The van der Waals surface area contributed by atoms with E-state index in [1.54, 1.807) is 18.2 Å². The molecule has 0 radical (unpaired) electrons. The Labute approximate surface area is 113 Å². The van der Waals surface area contributed by atoms with Crippen LogP contribution >= 0.6 is 27.5 Å². The number of hydrogen-bond acceptors (Lipinski definition) is 3. The zero-order chi connectivity index (χ0) is 12.8. The van der Waals surface area contributed by atoms with Gasteiger partial charge in [-0.2, -0.15) is 0 Å². The number of hydrogen-bond donors (Lipinski definition) is 2. The Hall–Kier alpha value is -0.620. The highest BCUT2D eigenvalue weighted by Crippen LogP contribution is 2.21. The molecule has 6 heteroatoms. The SMILES string of the molecule is COCC(O)CNC(=O)c1ccc(Br)cc1Cl. The summed E-state index contributed by atoms with van der Waals surface area (Å²) in [4.78, 5) is 11.7. The summed E-state index contributed by atoms with van der Waals surface area (Å²) >= 11 is 9.18. The number of carbonyl (C=O) groups is 1. The van der Waals surface area contributed by atoms with Crippen molar-refractivity contribution in [1.29, 1.82) is 0 Å². The summed E-state index contributed by atoms with van der Waals surface area (Å²) < 4.78 is 5.55. The first-order chi connectivity index (χ1) is 8.04. The summed E-state index contributed by atoms with van der Waals surface area (Å²) in [7, 11) is 1.48. The van der Waals surface area contributed by atoms with Gasteiger partial charge in [0.1, 0.15) is 0 Å². The molecule has 0 aromatic heterocycles. The molecule has 1 atom stereocenters. The van der Waals surface area contributed by atoms with Crippen LogP contribution in [0.1, 0.15) is 10.4 Å². The molecule has 1 unspecified atom stereocenters. The molecular weight excluding hydrogens is 309 g/mol. The Morgan fingerprint density at radius 1 is 1.65 bits per heavy atom. The van der Waals surface area contributed by atoms with E-state index in [9.17, 15) is 9.90 Å². The Morgan fingerprint density at radius 2 is 2.35 bits per heavy atom. The normalized spacial score (nSPS) is 12.2. The van der Waals surface area contributed by atoms with Gasteiger partial charge >= 0.3 is 0 Å². The molecule has 0 aliphatic heterocycles. The molecule has 2 N–H and O–H groups in total. The van der Waals surface area contributed by atoms with E-state index < -0.39 is 6.10 Å². The highest BCUT2D eigenvalue weighted by atomic mass is 79.9. The number of aliphatic hydroxyl groups excluding tert-OH is 1. The van der Waals surface area contributed by atoms with Crippen molar-refractivity contribution in [2.24, 2.45) is 0 Å². The van der Waals surface area contributed by atoms with Crippen LogP contribution < -0.4 is 5.32 Å². The first-order valence-electron chi connectivity index (χ1n) is 4.95. The van der Waals surface area contributed by atoms with E-state index in [0.29, 0.717) is 10.6 Å². The van der Waals surface area contributed by atoms with Crippen molar-refractivity contribution >= 4 is 33.4 Å². The van der Waals surface area contributed by atoms with E-state index in [4.69, 9.17) is 16.3 Å². The van der Waals surface area contributed by atoms with Crippen molar-refractivity contribution < 1.29 is 14.6 Å². The summed E-state index contributed by atoms with van der Waals surface area (Å²) in [6, 6.07) is 4.98. The second-order valence-electron chi connectivity index (χ2n) is 3.44. The smallest absolute Gasteiger partial charge is 0.252 e. The number of benzene rings is 1. The zero-order valence-electron chi connectivity index (χ0n) is 9.24. The molecule has 0 fully saturated rings. The van der Waals surface area contributed by atoms with Gasteiger partial charge < -0.3 is 15.2 Å². The maximum atomic E-state index is 11.7. The first kappa shape index (κ1) is 14.4. The molecule has 0 saturated carbocycles. The summed E-state index contributed by atoms with van der Waals surface area (Å²) in [6.07, 6.45) is -0.724. The van der Waals surface area contributed by atoms with Crippen molar-refractivity contribution in [3.8, 4) is 0 Å². The Morgan fingerprint density at radius 3 is 2.94 bits per heavy atom. The molecule has 1 aromatic rings. The van der Waals surface area contributed by atoms with E-state index in [1.807, 2.05) is 0 Å². The fourth-order valence-electron chi connectivity index (χ4n) is 1.23. The second kappa shape index (κ2) is 6.96. The molecule has 1 amide bonds. The van der Waals surface area contributed by atoms with Crippen LogP contribution in [0.15, 0.2) is 22.7 Å². The van der Waals surface area contributed by atoms with Gasteiger partial charge in [0.25, 0.3) is 5.91 Å². The van der Waals surface area contributed by atoms with E-state index in [0.717, 1.165) is 4.47 Å². The summed E-state index contributed by atoms with van der Waals surface area (Å²) in [5.41, 5.74) is 0.375. The van der Waals surface area contributed by atoms with Crippen LogP contribution in [0, 0.1) is 0 Å². The number of ether oxygens (including phenoxy) is 1. The highest BCUT2D eigenvalue weighted by Gasteiger charge is 2.12. The number of carbonyl (C=O) groups excluding carboxylic acids is 1. The largest absolute Gasteiger partial charge is 0.389 e. The minimum Gasteiger partial charge on any atom is -0.389 e. The maximum Gasteiger partial charge on any atom is 0.252 e. The summed E-state index contributed by atoms with van der Waals surface area (Å²) in [5, 5.41) is 12.3. The van der Waals surface area contributed by atoms with Crippen molar-refractivity contribution in [2.45, 2.75) is 6.10 Å². The van der Waals surface area contributed by atoms with E-state index in [-0.39, 0.29) is 19.1 Å². The predicted molar refractivity (Wildman–Crippen MR) is 69.4 cm³/mol. The molecule has 1 aromatic carbocycles. The van der Waals surface area contributed by atoms with Crippen molar-refractivity contribution in [2.75, 3.05) is 20.3 Å². The molecule has 0 aliphatic carbocycles. The Bertz CT molecular complexity index is 400. The van der Waals surface area contributed by atoms with Gasteiger partial charge in [0.05, 0.1) is 23.3 Å². The second-order valence-corrected chi connectivity index (χ2v) is 4.77. The Balaban J connectivity index is 2.58. The average Bonchev–Trinajstić information content (AvgIpc) is 2.26.